The maximum Gasteiger partial charge on any atom is 0.255 e. The molecule has 1 spiro atoms. The van der Waals surface area contributed by atoms with Gasteiger partial charge in [-0.25, -0.2) is 15.0 Å². The van der Waals surface area contributed by atoms with E-state index in [0.29, 0.717) is 0 Å². The number of aryl methyl sites for hydroxylation is 1. The Morgan fingerprint density at radius 3 is 2.81 bits per heavy atom. The number of piperidine rings is 1. The molecule has 3 N–H and O–H groups in total. The van der Waals surface area contributed by atoms with Crippen molar-refractivity contribution in [2.45, 2.75) is 31.1 Å². The summed E-state index contributed by atoms with van der Waals surface area (Å²) < 4.78 is 1.90. The molecule has 134 valence electrons. The Kier molecular flexibility index (Phi) is 3.10. The van der Waals surface area contributed by atoms with E-state index in [1.807, 2.05) is 11.6 Å². The molecule has 0 amide bonds. The first-order chi connectivity index (χ1) is 12.6. The molecule has 5 rings (SSSR count). The molecule has 0 aromatic carbocycles. The largest absolute Gasteiger partial charge is 0.369 e. The number of aromatic nitrogens is 6. The summed E-state index contributed by atoms with van der Waals surface area (Å²) in [6.07, 6.45) is 7.09. The van der Waals surface area contributed by atoms with Crippen LogP contribution in [0.15, 0.2) is 17.3 Å². The second kappa shape index (κ2) is 5.26. The van der Waals surface area contributed by atoms with Crippen molar-refractivity contribution in [2.75, 3.05) is 23.7 Å². The summed E-state index contributed by atoms with van der Waals surface area (Å²) in [5, 5.41) is 0. The normalized spacial score (nSPS) is 18.6. The summed E-state index contributed by atoms with van der Waals surface area (Å²) in [7, 11) is 1.93. The van der Waals surface area contributed by atoms with Crippen LogP contribution in [0, 0.1) is 0 Å². The lowest BCUT2D eigenvalue weighted by Gasteiger charge is -2.39. The Balaban J connectivity index is 1.43. The van der Waals surface area contributed by atoms with E-state index in [0.717, 1.165) is 67.1 Å². The first-order valence-electron chi connectivity index (χ1n) is 8.84. The van der Waals surface area contributed by atoms with E-state index < -0.39 is 0 Å². The summed E-state index contributed by atoms with van der Waals surface area (Å²) in [5.74, 6) is 0.940. The van der Waals surface area contributed by atoms with E-state index in [-0.39, 0.29) is 16.9 Å². The van der Waals surface area contributed by atoms with Gasteiger partial charge >= 0.3 is 0 Å². The molecule has 1 aliphatic carbocycles. The number of nitrogens with zero attached hydrogens (tertiary/aromatic N) is 6. The molecule has 0 unspecified atom stereocenters. The number of imidazole rings is 1. The van der Waals surface area contributed by atoms with Gasteiger partial charge in [0, 0.05) is 31.1 Å². The van der Waals surface area contributed by atoms with Crippen LogP contribution in [0.2, 0.25) is 0 Å². The Labute approximate surface area is 149 Å². The van der Waals surface area contributed by atoms with Crippen LogP contribution in [-0.2, 0) is 18.9 Å². The van der Waals surface area contributed by atoms with Crippen molar-refractivity contribution >= 4 is 23.1 Å². The minimum atomic E-state index is -0.0863. The number of rotatable bonds is 1. The minimum absolute atomic E-state index is 0.0508. The molecule has 3 aromatic rings. The van der Waals surface area contributed by atoms with Gasteiger partial charge in [0.15, 0.2) is 5.65 Å². The van der Waals surface area contributed by atoms with Gasteiger partial charge in [-0.2, -0.15) is 4.98 Å². The molecule has 0 bridgehead atoms. The fourth-order valence-electron chi connectivity index (χ4n) is 4.35. The first kappa shape index (κ1) is 15.3. The summed E-state index contributed by atoms with van der Waals surface area (Å²) >= 11 is 0. The van der Waals surface area contributed by atoms with E-state index in [1.54, 1.807) is 12.5 Å². The fourth-order valence-corrected chi connectivity index (χ4v) is 4.35. The third-order valence-corrected chi connectivity index (χ3v) is 5.83. The van der Waals surface area contributed by atoms with Crippen LogP contribution in [0.4, 0.5) is 11.9 Å². The predicted octanol–water partition coefficient (Wildman–Crippen LogP) is 0.513. The first-order valence-corrected chi connectivity index (χ1v) is 8.84. The number of nitrogens with one attached hydrogen (secondary N) is 1. The van der Waals surface area contributed by atoms with Crippen LogP contribution in [0.25, 0.3) is 11.2 Å². The number of fused-ring (bicyclic) bond motifs is 3. The SMILES string of the molecule is Cn1cnc2cnc(N3CCC4(CCc5c4nc(N)[nH]c5=O)CC3)nc21. The minimum Gasteiger partial charge on any atom is -0.369 e. The Morgan fingerprint density at radius 1 is 1.19 bits per heavy atom. The fraction of sp³-hybridized carbons (Fsp3) is 0.471. The van der Waals surface area contributed by atoms with Crippen LogP contribution >= 0.6 is 0 Å². The summed E-state index contributed by atoms with van der Waals surface area (Å²) in [6, 6.07) is 0. The molecule has 1 aliphatic heterocycles. The van der Waals surface area contributed by atoms with E-state index in [9.17, 15) is 4.79 Å². The topological polar surface area (TPSA) is 119 Å². The van der Waals surface area contributed by atoms with Gasteiger partial charge in [0.1, 0.15) is 5.52 Å². The van der Waals surface area contributed by atoms with Gasteiger partial charge in [0.05, 0.1) is 18.2 Å². The quantitative estimate of drug-likeness (QED) is 0.655. The van der Waals surface area contributed by atoms with E-state index in [4.69, 9.17) is 5.73 Å². The van der Waals surface area contributed by atoms with Crippen molar-refractivity contribution in [2.24, 2.45) is 7.05 Å². The zero-order valence-corrected chi connectivity index (χ0v) is 14.6. The van der Waals surface area contributed by atoms with E-state index in [1.165, 1.54) is 0 Å². The number of hydrogen-bond donors (Lipinski definition) is 2. The summed E-state index contributed by atoms with van der Waals surface area (Å²) in [5.41, 5.74) is 9.00. The maximum absolute atomic E-state index is 12.2. The molecule has 1 fully saturated rings. The molecule has 0 radical (unpaired) electrons. The molecule has 0 saturated carbocycles. The number of hydrogen-bond acceptors (Lipinski definition) is 7. The average molecular weight is 352 g/mol. The number of nitrogens with two attached hydrogens (primary N) is 1. The van der Waals surface area contributed by atoms with Crippen LogP contribution < -0.4 is 16.2 Å². The van der Waals surface area contributed by atoms with Crippen LogP contribution in [-0.4, -0.2) is 42.6 Å². The van der Waals surface area contributed by atoms with Gasteiger partial charge in [-0.3, -0.25) is 9.78 Å². The Morgan fingerprint density at radius 2 is 2.00 bits per heavy atom. The maximum atomic E-state index is 12.2. The molecule has 26 heavy (non-hydrogen) atoms. The third kappa shape index (κ3) is 2.12. The molecule has 0 atom stereocenters. The number of nitrogen functional groups attached to an aromatic ring is 1. The van der Waals surface area contributed by atoms with Crippen LogP contribution in [0.1, 0.15) is 30.5 Å². The van der Waals surface area contributed by atoms with Gasteiger partial charge in [0.25, 0.3) is 5.56 Å². The highest BCUT2D eigenvalue weighted by atomic mass is 16.1. The van der Waals surface area contributed by atoms with E-state index in [2.05, 4.69) is 29.8 Å². The van der Waals surface area contributed by atoms with Crippen molar-refractivity contribution in [1.82, 2.24) is 29.5 Å². The van der Waals surface area contributed by atoms with Gasteiger partial charge < -0.3 is 15.2 Å². The molecular weight excluding hydrogens is 332 g/mol. The van der Waals surface area contributed by atoms with Gasteiger partial charge in [-0.1, -0.05) is 0 Å². The number of aromatic amines is 1. The lowest BCUT2D eigenvalue weighted by molar-refractivity contribution is 0.321. The molecule has 9 heteroatoms. The average Bonchev–Trinajstić information content (AvgIpc) is 3.18. The molecule has 2 aliphatic rings. The summed E-state index contributed by atoms with van der Waals surface area (Å²) in [6.45, 7) is 1.66. The highest BCUT2D eigenvalue weighted by Crippen LogP contribution is 2.44. The molecular formula is C17H20N8O. The zero-order valence-electron chi connectivity index (χ0n) is 14.6. The molecule has 3 aromatic heterocycles. The zero-order chi connectivity index (χ0) is 17.9. The Hall–Kier alpha value is -2.97. The lowest BCUT2D eigenvalue weighted by atomic mass is 9.76. The lowest BCUT2D eigenvalue weighted by Crippen LogP contribution is -2.43. The monoisotopic (exact) mass is 352 g/mol. The molecule has 9 nitrogen and oxygen atoms in total. The van der Waals surface area contributed by atoms with Crippen molar-refractivity contribution in [1.29, 1.82) is 0 Å². The second-order valence-corrected chi connectivity index (χ2v) is 7.28. The number of H-pyrrole nitrogens is 1. The van der Waals surface area contributed by atoms with Gasteiger partial charge in [-0.15, -0.1) is 0 Å². The van der Waals surface area contributed by atoms with E-state index >= 15 is 0 Å². The molecule has 4 heterocycles. The van der Waals surface area contributed by atoms with Crippen molar-refractivity contribution in [3.63, 3.8) is 0 Å². The third-order valence-electron chi connectivity index (χ3n) is 5.83. The Bertz CT molecular complexity index is 1060. The van der Waals surface area contributed by atoms with Crippen LogP contribution in [0.5, 0.6) is 0 Å². The second-order valence-electron chi connectivity index (χ2n) is 7.28. The van der Waals surface area contributed by atoms with Crippen molar-refractivity contribution in [3.8, 4) is 0 Å². The summed E-state index contributed by atoms with van der Waals surface area (Å²) in [4.78, 5) is 34.9. The number of anilines is 2. The van der Waals surface area contributed by atoms with Crippen LogP contribution in [0.3, 0.4) is 0 Å². The van der Waals surface area contributed by atoms with Gasteiger partial charge in [-0.05, 0) is 25.7 Å². The molecule has 1 saturated heterocycles. The smallest absolute Gasteiger partial charge is 0.255 e. The van der Waals surface area contributed by atoms with Crippen molar-refractivity contribution in [3.05, 3.63) is 34.1 Å². The van der Waals surface area contributed by atoms with Gasteiger partial charge in [0.2, 0.25) is 11.9 Å². The van der Waals surface area contributed by atoms with Crippen molar-refractivity contribution < 1.29 is 0 Å². The highest BCUT2D eigenvalue weighted by molar-refractivity contribution is 5.70. The highest BCUT2D eigenvalue weighted by Gasteiger charge is 2.44. The predicted molar refractivity (Wildman–Crippen MR) is 97.0 cm³/mol. The standard InChI is InChI=1S/C17H20N8O/c1-24-9-20-11-8-19-16(22-13(11)24)25-6-4-17(5-7-25)3-2-10-12(17)21-15(18)23-14(10)26/h8-9H,2-7H2,1H3,(H3,18,21,23,26).